The first-order valence-corrected chi connectivity index (χ1v) is 7.24. The Hall–Kier alpha value is -2.47. The van der Waals surface area contributed by atoms with Gasteiger partial charge in [-0.05, 0) is 44.0 Å². The van der Waals surface area contributed by atoms with Crippen LogP contribution in [0.4, 0.5) is 5.82 Å². The Labute approximate surface area is 128 Å². The number of hydrogen-bond acceptors (Lipinski definition) is 5. The Morgan fingerprint density at radius 1 is 1.18 bits per heavy atom. The summed E-state index contributed by atoms with van der Waals surface area (Å²) in [6.45, 7) is 6.28. The number of rotatable bonds is 4. The molecule has 0 amide bonds. The van der Waals surface area contributed by atoms with Crippen LogP contribution < -0.4 is 5.32 Å². The van der Waals surface area contributed by atoms with E-state index < -0.39 is 6.10 Å². The van der Waals surface area contributed by atoms with E-state index in [0.717, 1.165) is 16.7 Å². The maximum absolute atomic E-state index is 9.40. The maximum Gasteiger partial charge on any atom is 0.168 e. The van der Waals surface area contributed by atoms with Gasteiger partial charge < -0.3 is 10.4 Å². The van der Waals surface area contributed by atoms with Crippen molar-refractivity contribution in [1.29, 1.82) is 0 Å². The second kappa shape index (κ2) is 5.73. The van der Waals surface area contributed by atoms with E-state index in [1.54, 1.807) is 13.1 Å². The average molecular weight is 297 g/mol. The van der Waals surface area contributed by atoms with Crippen molar-refractivity contribution in [2.24, 2.45) is 0 Å². The van der Waals surface area contributed by atoms with Crippen LogP contribution in [0.3, 0.4) is 0 Å². The van der Waals surface area contributed by atoms with Crippen LogP contribution in [0.2, 0.25) is 0 Å². The lowest BCUT2D eigenvalue weighted by molar-refractivity contribution is 0.208. The Bertz CT molecular complexity index is 789. The molecule has 0 saturated heterocycles. The van der Waals surface area contributed by atoms with Crippen molar-refractivity contribution < 1.29 is 5.11 Å². The average Bonchev–Trinajstić information content (AvgIpc) is 2.88. The van der Waals surface area contributed by atoms with Gasteiger partial charge in [-0.15, -0.1) is 0 Å². The number of aliphatic hydroxyl groups is 1. The van der Waals surface area contributed by atoms with Gasteiger partial charge in [0.2, 0.25) is 0 Å². The summed E-state index contributed by atoms with van der Waals surface area (Å²) in [6.07, 6.45) is 2.81. The van der Waals surface area contributed by atoms with Gasteiger partial charge in [-0.1, -0.05) is 6.07 Å². The molecule has 0 saturated carbocycles. The van der Waals surface area contributed by atoms with Gasteiger partial charge in [-0.2, -0.15) is 5.10 Å². The summed E-state index contributed by atoms with van der Waals surface area (Å²) in [4.78, 5) is 8.59. The second-order valence-electron chi connectivity index (χ2n) is 5.59. The van der Waals surface area contributed by atoms with Crippen LogP contribution in [-0.4, -0.2) is 37.5 Å². The molecule has 0 aliphatic rings. The zero-order chi connectivity index (χ0) is 15.7. The number of fused-ring (bicyclic) bond motifs is 1. The number of benzene rings is 1. The molecule has 2 N–H and O–H groups in total. The number of nitrogens with zero attached hydrogens (tertiary/aromatic N) is 4. The number of aryl methyl sites for hydroxylation is 2. The van der Waals surface area contributed by atoms with E-state index in [0.29, 0.717) is 12.4 Å². The van der Waals surface area contributed by atoms with Gasteiger partial charge in [0.1, 0.15) is 12.1 Å². The topological polar surface area (TPSA) is 75.9 Å². The van der Waals surface area contributed by atoms with Crippen LogP contribution in [0.5, 0.6) is 0 Å². The zero-order valence-corrected chi connectivity index (χ0v) is 12.9. The quantitative estimate of drug-likeness (QED) is 0.772. The molecule has 0 fully saturated rings. The fourth-order valence-corrected chi connectivity index (χ4v) is 2.49. The van der Waals surface area contributed by atoms with E-state index in [1.807, 2.05) is 4.68 Å². The van der Waals surface area contributed by atoms with Gasteiger partial charge >= 0.3 is 0 Å². The first-order valence-electron chi connectivity index (χ1n) is 7.24. The van der Waals surface area contributed by atoms with E-state index in [-0.39, 0.29) is 0 Å². The fourth-order valence-electron chi connectivity index (χ4n) is 2.49. The minimum absolute atomic E-state index is 0.431. The van der Waals surface area contributed by atoms with Crippen LogP contribution in [0.1, 0.15) is 18.1 Å². The van der Waals surface area contributed by atoms with Crippen molar-refractivity contribution in [2.75, 3.05) is 11.9 Å². The summed E-state index contributed by atoms with van der Waals surface area (Å²) in [6, 6.07) is 6.27. The lowest BCUT2D eigenvalue weighted by Crippen LogP contribution is -2.16. The number of anilines is 1. The molecule has 22 heavy (non-hydrogen) atoms. The van der Waals surface area contributed by atoms with Crippen molar-refractivity contribution in [3.8, 4) is 5.69 Å². The Balaban J connectivity index is 2.07. The normalized spacial score (nSPS) is 12.5. The van der Waals surface area contributed by atoms with E-state index in [2.05, 4.69) is 52.4 Å². The van der Waals surface area contributed by atoms with Crippen molar-refractivity contribution in [2.45, 2.75) is 26.9 Å². The van der Waals surface area contributed by atoms with E-state index >= 15 is 0 Å². The van der Waals surface area contributed by atoms with Gasteiger partial charge in [0.15, 0.2) is 5.65 Å². The Morgan fingerprint density at radius 3 is 2.59 bits per heavy atom. The molecule has 3 aromatic rings. The highest BCUT2D eigenvalue weighted by Crippen LogP contribution is 2.22. The molecule has 0 bridgehead atoms. The maximum atomic E-state index is 9.40. The molecule has 1 aromatic carbocycles. The molecule has 2 aromatic heterocycles. The minimum Gasteiger partial charge on any atom is -0.392 e. The standard InChI is InChI=1S/C16H19N5O/c1-10-4-11(2)6-13(5-10)21-16-14(8-20-21)15(18-9-19-16)17-7-12(3)22/h4-6,8-9,12,22H,7H2,1-3H3,(H,17,18,19)/t12-/m0/s1. The van der Waals surface area contributed by atoms with Crippen molar-refractivity contribution in [3.05, 3.63) is 41.9 Å². The van der Waals surface area contributed by atoms with Gasteiger partial charge in [0.25, 0.3) is 0 Å². The third kappa shape index (κ3) is 2.78. The fraction of sp³-hybridized carbons (Fsp3) is 0.312. The summed E-state index contributed by atoms with van der Waals surface area (Å²) in [5.74, 6) is 0.682. The second-order valence-corrected chi connectivity index (χ2v) is 5.59. The van der Waals surface area contributed by atoms with Crippen LogP contribution >= 0.6 is 0 Å². The highest BCUT2D eigenvalue weighted by molar-refractivity contribution is 5.87. The molecule has 2 heterocycles. The predicted molar refractivity (Wildman–Crippen MR) is 86.3 cm³/mol. The third-order valence-electron chi connectivity index (χ3n) is 3.38. The van der Waals surface area contributed by atoms with Crippen molar-refractivity contribution in [1.82, 2.24) is 19.7 Å². The molecule has 3 rings (SSSR count). The first-order chi connectivity index (χ1) is 10.5. The molecule has 6 heteroatoms. The van der Waals surface area contributed by atoms with Gasteiger partial charge in [-0.3, -0.25) is 0 Å². The molecule has 0 spiro atoms. The van der Waals surface area contributed by atoms with Crippen molar-refractivity contribution >= 4 is 16.9 Å². The van der Waals surface area contributed by atoms with Gasteiger partial charge in [-0.25, -0.2) is 14.6 Å². The Morgan fingerprint density at radius 2 is 1.91 bits per heavy atom. The summed E-state index contributed by atoms with van der Waals surface area (Å²) in [5, 5.41) is 17.8. The minimum atomic E-state index is -0.445. The molecule has 0 aliphatic carbocycles. The summed E-state index contributed by atoms with van der Waals surface area (Å²) in [7, 11) is 0. The van der Waals surface area contributed by atoms with Crippen LogP contribution in [0.15, 0.2) is 30.7 Å². The lowest BCUT2D eigenvalue weighted by atomic mass is 10.1. The zero-order valence-electron chi connectivity index (χ0n) is 12.9. The summed E-state index contributed by atoms with van der Waals surface area (Å²) in [5.41, 5.74) is 4.08. The SMILES string of the molecule is Cc1cc(C)cc(-n2ncc3c(NC[C@H](C)O)ncnc32)c1. The molecule has 0 radical (unpaired) electrons. The van der Waals surface area contributed by atoms with Crippen LogP contribution in [0.25, 0.3) is 16.7 Å². The number of aromatic nitrogens is 4. The highest BCUT2D eigenvalue weighted by Gasteiger charge is 2.11. The smallest absolute Gasteiger partial charge is 0.168 e. The van der Waals surface area contributed by atoms with E-state index in [9.17, 15) is 5.11 Å². The molecule has 0 unspecified atom stereocenters. The molecule has 6 nitrogen and oxygen atoms in total. The highest BCUT2D eigenvalue weighted by atomic mass is 16.3. The van der Waals surface area contributed by atoms with Gasteiger partial charge in [0, 0.05) is 6.54 Å². The molecular weight excluding hydrogens is 278 g/mol. The van der Waals surface area contributed by atoms with Crippen LogP contribution in [-0.2, 0) is 0 Å². The molecule has 1 atom stereocenters. The summed E-state index contributed by atoms with van der Waals surface area (Å²) >= 11 is 0. The number of nitrogens with one attached hydrogen (secondary N) is 1. The van der Waals surface area contributed by atoms with Gasteiger partial charge in [0.05, 0.1) is 23.4 Å². The van der Waals surface area contributed by atoms with E-state index in [1.165, 1.54) is 17.5 Å². The molecule has 114 valence electrons. The van der Waals surface area contributed by atoms with Crippen LogP contribution in [0, 0.1) is 13.8 Å². The molecular formula is C16H19N5O. The van der Waals surface area contributed by atoms with Crippen molar-refractivity contribution in [3.63, 3.8) is 0 Å². The third-order valence-corrected chi connectivity index (χ3v) is 3.38. The Kier molecular flexibility index (Phi) is 3.77. The number of hydrogen-bond donors (Lipinski definition) is 2. The van der Waals surface area contributed by atoms with E-state index in [4.69, 9.17) is 0 Å². The molecule has 0 aliphatic heterocycles. The lowest BCUT2D eigenvalue weighted by Gasteiger charge is -2.09. The first kappa shape index (κ1) is 14.5. The predicted octanol–water partition coefficient (Wildman–Crippen LogP) is 2.23. The summed E-state index contributed by atoms with van der Waals surface area (Å²) < 4.78 is 1.81. The number of aliphatic hydroxyl groups excluding tert-OH is 1. The monoisotopic (exact) mass is 297 g/mol. The largest absolute Gasteiger partial charge is 0.392 e.